The van der Waals surface area contributed by atoms with E-state index in [-0.39, 0.29) is 5.78 Å². The third-order valence-corrected chi connectivity index (χ3v) is 5.89. The van der Waals surface area contributed by atoms with E-state index < -0.39 is 0 Å². The molecular weight excluding hydrogens is 396 g/mol. The van der Waals surface area contributed by atoms with E-state index in [1.54, 1.807) is 6.33 Å². The molecule has 0 spiro atoms. The quantitative estimate of drug-likeness (QED) is 0.332. The number of allylic oxidation sites excluding steroid dienone is 2. The lowest BCUT2D eigenvalue weighted by Gasteiger charge is -2.23. The van der Waals surface area contributed by atoms with Crippen molar-refractivity contribution in [3.63, 3.8) is 0 Å². The van der Waals surface area contributed by atoms with Crippen LogP contribution in [0.25, 0.3) is 10.8 Å². The Labute approximate surface area is 186 Å². The molecule has 0 saturated carbocycles. The van der Waals surface area contributed by atoms with E-state index in [0.717, 1.165) is 22.2 Å². The molecule has 32 heavy (non-hydrogen) atoms. The highest BCUT2D eigenvalue weighted by Gasteiger charge is 2.32. The molecule has 0 fully saturated rings. The van der Waals surface area contributed by atoms with Gasteiger partial charge in [0, 0.05) is 11.6 Å². The molecule has 2 heterocycles. The van der Waals surface area contributed by atoms with Gasteiger partial charge in [-0.15, -0.1) is 0 Å². The van der Waals surface area contributed by atoms with Gasteiger partial charge in [0.05, 0.1) is 37.1 Å². The van der Waals surface area contributed by atoms with Gasteiger partial charge in [0.1, 0.15) is 18.6 Å². The maximum absolute atomic E-state index is 13.4. The van der Waals surface area contributed by atoms with Crippen molar-refractivity contribution in [3.05, 3.63) is 120 Å². The second-order valence-corrected chi connectivity index (χ2v) is 8.09. The van der Waals surface area contributed by atoms with Gasteiger partial charge < -0.3 is 0 Å². The molecule has 1 aliphatic heterocycles. The minimum atomic E-state index is 0.0121. The molecule has 1 unspecified atom stereocenters. The van der Waals surface area contributed by atoms with E-state index in [2.05, 4.69) is 15.6 Å². The molecule has 154 valence electrons. The van der Waals surface area contributed by atoms with Crippen LogP contribution in [0.5, 0.6) is 0 Å². The zero-order chi connectivity index (χ0) is 22.1. The predicted octanol–water partition coefficient (Wildman–Crippen LogP) is 5.19. The van der Waals surface area contributed by atoms with Crippen LogP contribution in [0, 0.1) is 11.3 Å². The van der Waals surface area contributed by atoms with E-state index in [1.165, 1.54) is 0 Å². The smallest absolute Gasteiger partial charge is 0.237 e. The van der Waals surface area contributed by atoms with Gasteiger partial charge in [-0.3, -0.25) is 9.36 Å². The lowest BCUT2D eigenvalue weighted by Crippen LogP contribution is -2.33. The first-order valence-corrected chi connectivity index (χ1v) is 10.4. The highest BCUT2D eigenvalue weighted by molar-refractivity contribution is 6.17. The molecule has 0 amide bonds. The van der Waals surface area contributed by atoms with Crippen molar-refractivity contribution >= 4 is 22.4 Å². The number of nitrogens with zero attached hydrogens (tertiary/aromatic N) is 4. The first-order valence-electron chi connectivity index (χ1n) is 10.4. The average molecular weight is 417 g/mol. The molecular formula is C27H21N4O+. The predicted molar refractivity (Wildman–Crippen MR) is 126 cm³/mol. The molecule has 5 heteroatoms. The van der Waals surface area contributed by atoms with Crippen molar-refractivity contribution in [1.82, 2.24) is 14.0 Å². The highest BCUT2D eigenvalue weighted by Crippen LogP contribution is 2.31. The Balaban J connectivity index is 1.46. The summed E-state index contributed by atoms with van der Waals surface area (Å²) >= 11 is 0. The normalized spacial score (nSPS) is 17.3. The monoisotopic (exact) mass is 417 g/mol. The fraction of sp³-hybridized carbons (Fsp3) is 0.0741. The van der Waals surface area contributed by atoms with Crippen molar-refractivity contribution in [1.29, 1.82) is 5.26 Å². The summed E-state index contributed by atoms with van der Waals surface area (Å²) in [6, 6.07) is 23.5. The maximum Gasteiger partial charge on any atom is 0.237 e. The lowest BCUT2D eigenvalue weighted by atomic mass is 9.98. The van der Waals surface area contributed by atoms with Crippen LogP contribution in [0.3, 0.4) is 0 Å². The van der Waals surface area contributed by atoms with Crippen LogP contribution >= 0.6 is 0 Å². The number of carbonyl (C=O) groups is 1. The van der Waals surface area contributed by atoms with E-state index in [4.69, 9.17) is 5.26 Å². The first kappa shape index (κ1) is 19.7. The van der Waals surface area contributed by atoms with Gasteiger partial charge in [-0.2, -0.15) is 5.26 Å². The number of hydrogen-bond donors (Lipinski definition) is 0. The van der Waals surface area contributed by atoms with E-state index in [9.17, 15) is 4.79 Å². The number of carbonyl (C=O) groups excluding carboxylic acids is 1. The van der Waals surface area contributed by atoms with E-state index >= 15 is 0 Å². The summed E-state index contributed by atoms with van der Waals surface area (Å²) < 4.78 is 2.41. The maximum atomic E-state index is 13.4. The molecule has 1 aliphatic rings. The van der Waals surface area contributed by atoms with Crippen LogP contribution in [-0.4, -0.2) is 22.4 Å². The highest BCUT2D eigenvalue weighted by atomic mass is 16.1. The van der Waals surface area contributed by atoms with Crippen LogP contribution in [-0.2, 0) is 6.54 Å². The van der Waals surface area contributed by atoms with Crippen molar-refractivity contribution in [2.45, 2.75) is 6.54 Å². The molecule has 5 nitrogen and oxygen atoms in total. The number of aromatic nitrogens is 2. The second kappa shape index (κ2) is 7.77. The summed E-state index contributed by atoms with van der Waals surface area (Å²) in [6.45, 7) is 0.628. The van der Waals surface area contributed by atoms with Crippen LogP contribution in [0.1, 0.15) is 21.5 Å². The zero-order valence-electron chi connectivity index (χ0n) is 17.6. The third kappa shape index (κ3) is 3.43. The fourth-order valence-corrected chi connectivity index (χ4v) is 4.18. The van der Waals surface area contributed by atoms with Crippen molar-refractivity contribution in [2.75, 3.05) is 7.05 Å². The van der Waals surface area contributed by atoms with Gasteiger partial charge in [-0.25, -0.2) is 9.47 Å². The van der Waals surface area contributed by atoms with Crippen LogP contribution in [0.2, 0.25) is 0 Å². The fourth-order valence-electron chi connectivity index (χ4n) is 4.18. The summed E-state index contributed by atoms with van der Waals surface area (Å²) in [5, 5.41) is 11.0. The molecule has 5 rings (SSSR count). The number of benzene rings is 3. The van der Waals surface area contributed by atoms with Gasteiger partial charge in [-0.1, -0.05) is 54.6 Å². The van der Waals surface area contributed by atoms with Crippen LogP contribution in [0.15, 0.2) is 103 Å². The summed E-state index contributed by atoms with van der Waals surface area (Å²) in [7, 11) is 2.03. The summed E-state index contributed by atoms with van der Waals surface area (Å²) in [5.41, 5.74) is 3.09. The number of hydrogen-bond acceptors (Lipinski definition) is 3. The molecule has 0 saturated heterocycles. The average Bonchev–Trinajstić information content (AvgIpc) is 3.46. The minimum Gasteiger partial charge on any atom is -0.288 e. The number of quaternary nitrogens is 1. The van der Waals surface area contributed by atoms with Crippen molar-refractivity contribution in [2.24, 2.45) is 0 Å². The SMILES string of the molecule is C[N+]1(c2cncn2Cc2ccc(C#N)cc2)C=CC(C(=O)c2cccc3ccccc23)=C1. The Kier molecular flexibility index (Phi) is 4.78. The Hall–Kier alpha value is -4.27. The molecule has 1 aromatic heterocycles. The second-order valence-electron chi connectivity index (χ2n) is 8.09. The standard InChI is InChI=1S/C27H21N4O/c1-31(26-16-29-19-30(26)17-21-11-9-20(15-28)10-12-21)14-13-23(18-31)27(32)25-8-4-6-22-5-2-3-7-24(22)25/h2-14,16,18-19H,17H2,1H3/q+1. The zero-order valence-corrected chi connectivity index (χ0v) is 17.6. The summed E-state index contributed by atoms with van der Waals surface area (Å²) in [6.07, 6.45) is 9.49. The Morgan fingerprint density at radius 3 is 2.66 bits per heavy atom. The molecule has 0 radical (unpaired) electrons. The summed E-state index contributed by atoms with van der Waals surface area (Å²) in [4.78, 5) is 17.7. The molecule has 0 aliphatic carbocycles. The van der Waals surface area contributed by atoms with Gasteiger partial charge in [-0.05, 0) is 28.5 Å². The van der Waals surface area contributed by atoms with Crippen LogP contribution in [0.4, 0.5) is 5.82 Å². The van der Waals surface area contributed by atoms with Crippen LogP contribution < -0.4 is 4.48 Å². The number of fused-ring (bicyclic) bond motifs is 1. The van der Waals surface area contributed by atoms with E-state index in [0.29, 0.717) is 27.7 Å². The number of imidazole rings is 1. The van der Waals surface area contributed by atoms with Gasteiger partial charge in [0.15, 0.2) is 5.78 Å². The Morgan fingerprint density at radius 1 is 1.06 bits per heavy atom. The third-order valence-electron chi connectivity index (χ3n) is 5.89. The first-order chi connectivity index (χ1) is 15.6. The van der Waals surface area contributed by atoms with Crippen molar-refractivity contribution in [3.8, 4) is 6.07 Å². The molecule has 3 aromatic carbocycles. The number of ketones is 1. The van der Waals surface area contributed by atoms with Gasteiger partial charge in [0.2, 0.25) is 5.82 Å². The van der Waals surface area contributed by atoms with Crippen molar-refractivity contribution < 1.29 is 4.79 Å². The minimum absolute atomic E-state index is 0.0121. The topological polar surface area (TPSA) is 58.7 Å². The molecule has 0 bridgehead atoms. The Bertz CT molecular complexity index is 1430. The number of nitriles is 1. The van der Waals surface area contributed by atoms with Gasteiger partial charge in [0.25, 0.3) is 0 Å². The van der Waals surface area contributed by atoms with Gasteiger partial charge >= 0.3 is 0 Å². The molecule has 0 N–H and O–H groups in total. The number of rotatable bonds is 5. The van der Waals surface area contributed by atoms with E-state index in [1.807, 2.05) is 98.5 Å². The molecule has 1 atom stereocenters. The molecule has 4 aromatic rings. The summed E-state index contributed by atoms with van der Waals surface area (Å²) in [5.74, 6) is 0.962. The lowest BCUT2D eigenvalue weighted by molar-refractivity contribution is 0.103. The largest absolute Gasteiger partial charge is 0.288 e. The Morgan fingerprint density at radius 2 is 1.84 bits per heavy atom. The number of Topliss-reactive ketones (excluding diaryl/α,β-unsaturated/α-hetero) is 1.